The number of hydrogen-bond donors (Lipinski definition) is 2. The van der Waals surface area contributed by atoms with Gasteiger partial charge in [0.05, 0.1) is 30.8 Å². The number of carbonyl (C=O) groups excluding carboxylic acids is 1. The van der Waals surface area contributed by atoms with Gasteiger partial charge in [-0.3, -0.25) is 9.48 Å². The molecule has 0 fully saturated rings. The normalized spacial score (nSPS) is 11.7. The van der Waals surface area contributed by atoms with E-state index in [2.05, 4.69) is 26.0 Å². The summed E-state index contributed by atoms with van der Waals surface area (Å²) >= 11 is 0. The lowest BCUT2D eigenvalue weighted by molar-refractivity contribution is -0.138. The van der Waals surface area contributed by atoms with Crippen LogP contribution < -0.4 is 15.4 Å². The Kier molecular flexibility index (Phi) is 7.77. The summed E-state index contributed by atoms with van der Waals surface area (Å²) in [6.45, 7) is 7.68. The Morgan fingerprint density at radius 1 is 1.15 bits per heavy atom. The average molecular weight is 542 g/mol. The van der Waals surface area contributed by atoms with E-state index < -0.39 is 17.6 Å². The van der Waals surface area contributed by atoms with Crippen molar-refractivity contribution < 1.29 is 22.7 Å². The van der Waals surface area contributed by atoms with Crippen LogP contribution in [0.5, 0.6) is 5.75 Å². The monoisotopic (exact) mass is 541 g/mol. The molecule has 39 heavy (non-hydrogen) atoms. The maximum Gasteiger partial charge on any atom is 0.420 e. The molecule has 2 heterocycles. The highest BCUT2D eigenvalue weighted by molar-refractivity contribution is 6.04. The first-order chi connectivity index (χ1) is 18.4. The van der Waals surface area contributed by atoms with Gasteiger partial charge in [0, 0.05) is 47.7 Å². The van der Waals surface area contributed by atoms with Gasteiger partial charge in [-0.2, -0.15) is 18.3 Å². The number of aromatic nitrogens is 5. The van der Waals surface area contributed by atoms with Gasteiger partial charge in [0.1, 0.15) is 11.4 Å². The smallest absolute Gasteiger partial charge is 0.420 e. The number of amides is 1. The first kappa shape index (κ1) is 27.8. The van der Waals surface area contributed by atoms with Crippen LogP contribution in [0.15, 0.2) is 42.7 Å². The lowest BCUT2D eigenvalue weighted by Gasteiger charge is -2.19. The predicted octanol–water partition coefficient (Wildman–Crippen LogP) is 5.06. The molecule has 4 aromatic rings. The number of alkyl halides is 3. The van der Waals surface area contributed by atoms with Gasteiger partial charge in [-0.25, -0.2) is 4.68 Å². The van der Waals surface area contributed by atoms with Gasteiger partial charge in [-0.15, -0.1) is 5.10 Å². The number of halogens is 3. The van der Waals surface area contributed by atoms with Crippen LogP contribution in [0.25, 0.3) is 16.9 Å². The lowest BCUT2D eigenvalue weighted by atomic mass is 10.0. The standard InChI is InChI=1S/C27H30F3N7O2/c1-15(2)31-12-19-9-20(11-22(25(19)39-6)27(28,29)30)33-26(38)18-8-7-16(3)24(10-18)37-14-23(34-35-37)21-13-32-36(5)17(21)4/h7-11,13-15,31H,12H2,1-6H3,(H,33,38). The second kappa shape index (κ2) is 10.9. The Bertz CT molecular complexity index is 1510. The lowest BCUT2D eigenvalue weighted by Crippen LogP contribution is -2.23. The van der Waals surface area contributed by atoms with E-state index in [0.29, 0.717) is 11.4 Å². The molecule has 0 aliphatic heterocycles. The Morgan fingerprint density at radius 2 is 1.90 bits per heavy atom. The van der Waals surface area contributed by atoms with Crippen LogP contribution in [0.4, 0.5) is 18.9 Å². The zero-order valence-electron chi connectivity index (χ0n) is 22.5. The summed E-state index contributed by atoms with van der Waals surface area (Å²) < 4.78 is 50.0. The Hall–Kier alpha value is -4.19. The van der Waals surface area contributed by atoms with Crippen molar-refractivity contribution in [3.05, 3.63) is 70.7 Å². The number of carbonyl (C=O) groups is 1. The van der Waals surface area contributed by atoms with Crippen molar-refractivity contribution in [1.82, 2.24) is 30.1 Å². The minimum Gasteiger partial charge on any atom is -0.496 e. The number of benzene rings is 2. The van der Waals surface area contributed by atoms with E-state index in [1.165, 1.54) is 13.2 Å². The van der Waals surface area contributed by atoms with Crippen LogP contribution in [0.1, 0.15) is 46.6 Å². The van der Waals surface area contributed by atoms with Crippen molar-refractivity contribution in [3.8, 4) is 22.7 Å². The highest BCUT2D eigenvalue weighted by atomic mass is 19.4. The summed E-state index contributed by atoms with van der Waals surface area (Å²) in [4.78, 5) is 13.2. The summed E-state index contributed by atoms with van der Waals surface area (Å²) in [7, 11) is 3.03. The van der Waals surface area contributed by atoms with Crippen LogP contribution >= 0.6 is 0 Å². The molecule has 4 rings (SSSR count). The van der Waals surface area contributed by atoms with Crippen LogP contribution in [0.3, 0.4) is 0 Å². The number of rotatable bonds is 8. The average Bonchev–Trinajstić information content (AvgIpc) is 3.48. The number of methoxy groups -OCH3 is 1. The van der Waals surface area contributed by atoms with Crippen molar-refractivity contribution in [2.24, 2.45) is 7.05 Å². The third-order valence-electron chi connectivity index (χ3n) is 6.36. The molecule has 0 aliphatic rings. The molecule has 0 spiro atoms. The largest absolute Gasteiger partial charge is 0.496 e. The molecule has 0 saturated carbocycles. The minimum atomic E-state index is -4.67. The second-order valence-corrected chi connectivity index (χ2v) is 9.52. The fraction of sp³-hybridized carbons (Fsp3) is 0.333. The van der Waals surface area contributed by atoms with Gasteiger partial charge in [-0.05, 0) is 43.7 Å². The molecule has 1 amide bonds. The van der Waals surface area contributed by atoms with Gasteiger partial charge in [-0.1, -0.05) is 25.1 Å². The number of nitrogens with zero attached hydrogens (tertiary/aromatic N) is 5. The summed E-state index contributed by atoms with van der Waals surface area (Å²) in [5, 5.41) is 18.4. The quantitative estimate of drug-likeness (QED) is 0.324. The fourth-order valence-corrected chi connectivity index (χ4v) is 4.11. The number of anilines is 1. The van der Waals surface area contributed by atoms with E-state index in [0.717, 1.165) is 22.9 Å². The first-order valence-corrected chi connectivity index (χ1v) is 12.2. The zero-order valence-corrected chi connectivity index (χ0v) is 22.5. The van der Waals surface area contributed by atoms with Gasteiger partial charge in [0.15, 0.2) is 0 Å². The molecule has 0 unspecified atom stereocenters. The highest BCUT2D eigenvalue weighted by Gasteiger charge is 2.36. The second-order valence-electron chi connectivity index (χ2n) is 9.52. The summed E-state index contributed by atoms with van der Waals surface area (Å²) in [6, 6.07) is 7.36. The molecule has 2 N–H and O–H groups in total. The molecular weight excluding hydrogens is 511 g/mol. The Morgan fingerprint density at radius 3 is 2.51 bits per heavy atom. The van der Waals surface area contributed by atoms with Gasteiger partial charge in [0.25, 0.3) is 5.91 Å². The molecule has 2 aromatic heterocycles. The van der Waals surface area contributed by atoms with Crippen molar-refractivity contribution in [1.29, 1.82) is 0 Å². The molecule has 0 bridgehead atoms. The maximum atomic E-state index is 13.9. The van der Waals surface area contributed by atoms with E-state index in [9.17, 15) is 18.0 Å². The molecule has 0 aliphatic carbocycles. The summed E-state index contributed by atoms with van der Waals surface area (Å²) in [5.74, 6) is -0.849. The van der Waals surface area contributed by atoms with E-state index in [1.54, 1.807) is 40.0 Å². The number of nitrogens with one attached hydrogen (secondary N) is 2. The molecule has 0 saturated heterocycles. The topological polar surface area (TPSA) is 98.9 Å². The SMILES string of the molecule is COc1c(CNC(C)C)cc(NC(=O)c2ccc(C)c(-n3cc(-c4cnn(C)c4C)nn3)c2)cc1C(F)(F)F. The van der Waals surface area contributed by atoms with Crippen molar-refractivity contribution >= 4 is 11.6 Å². The van der Waals surface area contributed by atoms with Crippen LogP contribution in [-0.2, 0) is 19.8 Å². The van der Waals surface area contributed by atoms with Crippen LogP contribution in [0.2, 0.25) is 0 Å². The highest BCUT2D eigenvalue weighted by Crippen LogP contribution is 2.40. The molecule has 0 atom stereocenters. The zero-order chi connectivity index (χ0) is 28.5. The molecule has 9 nitrogen and oxygen atoms in total. The third kappa shape index (κ3) is 5.95. The Balaban J connectivity index is 1.65. The third-order valence-corrected chi connectivity index (χ3v) is 6.36. The van der Waals surface area contributed by atoms with Crippen LogP contribution in [0, 0.1) is 13.8 Å². The molecule has 0 radical (unpaired) electrons. The van der Waals surface area contributed by atoms with Gasteiger partial charge < -0.3 is 15.4 Å². The molecular formula is C27H30F3N7O2. The summed E-state index contributed by atoms with van der Waals surface area (Å²) in [5.41, 5.74) is 3.38. The van der Waals surface area contributed by atoms with E-state index in [-0.39, 0.29) is 35.2 Å². The van der Waals surface area contributed by atoms with E-state index in [1.807, 2.05) is 34.7 Å². The molecule has 206 valence electrons. The minimum absolute atomic E-state index is 0.00546. The summed E-state index contributed by atoms with van der Waals surface area (Å²) in [6.07, 6.45) is -1.23. The maximum absolute atomic E-state index is 13.9. The predicted molar refractivity (Wildman–Crippen MR) is 141 cm³/mol. The molecule has 2 aromatic carbocycles. The Labute approximate surface area is 224 Å². The number of hydrogen-bond acceptors (Lipinski definition) is 6. The van der Waals surface area contributed by atoms with E-state index >= 15 is 0 Å². The van der Waals surface area contributed by atoms with Gasteiger partial charge in [0.2, 0.25) is 0 Å². The van der Waals surface area contributed by atoms with E-state index in [4.69, 9.17) is 4.74 Å². The van der Waals surface area contributed by atoms with Crippen LogP contribution in [-0.4, -0.2) is 43.8 Å². The van der Waals surface area contributed by atoms with Gasteiger partial charge >= 0.3 is 6.18 Å². The number of ether oxygens (including phenoxy) is 1. The fourth-order valence-electron chi connectivity index (χ4n) is 4.11. The van der Waals surface area contributed by atoms with Crippen molar-refractivity contribution in [2.75, 3.05) is 12.4 Å². The van der Waals surface area contributed by atoms with Crippen molar-refractivity contribution in [2.45, 2.75) is 46.5 Å². The number of aryl methyl sites for hydroxylation is 2. The molecule has 12 heteroatoms. The van der Waals surface area contributed by atoms with Crippen molar-refractivity contribution in [3.63, 3.8) is 0 Å². The first-order valence-electron chi connectivity index (χ1n) is 12.2.